The lowest BCUT2D eigenvalue weighted by Gasteiger charge is -2.19. The number of nitrogens with two attached hydrogens (primary N) is 1. The quantitative estimate of drug-likeness (QED) is 0.909. The monoisotopic (exact) mass is 318 g/mol. The lowest BCUT2D eigenvalue weighted by atomic mass is 9.87. The van der Waals surface area contributed by atoms with Gasteiger partial charge in [-0.15, -0.1) is 0 Å². The van der Waals surface area contributed by atoms with E-state index < -0.39 is 10.0 Å². The maximum absolute atomic E-state index is 11.2. The molecule has 5 heteroatoms. The molecule has 2 aromatic rings. The van der Waals surface area contributed by atoms with Gasteiger partial charge in [0.1, 0.15) is 0 Å². The first-order chi connectivity index (χ1) is 10.2. The summed E-state index contributed by atoms with van der Waals surface area (Å²) in [6.45, 7) is 7.24. The second kappa shape index (κ2) is 6.10. The summed E-state index contributed by atoms with van der Waals surface area (Å²) in [6, 6.07) is 14.9. The molecule has 4 nitrogen and oxygen atoms in total. The predicted octanol–water partition coefficient (Wildman–Crippen LogP) is 3.24. The number of anilines is 1. The van der Waals surface area contributed by atoms with E-state index in [1.165, 1.54) is 23.3 Å². The Hall–Kier alpha value is -1.85. The molecule has 0 heterocycles. The van der Waals surface area contributed by atoms with Crippen LogP contribution in [0.3, 0.4) is 0 Å². The van der Waals surface area contributed by atoms with Crippen LogP contribution in [0.5, 0.6) is 0 Å². The van der Waals surface area contributed by atoms with Gasteiger partial charge in [-0.3, -0.25) is 0 Å². The highest BCUT2D eigenvalue weighted by Crippen LogP contribution is 2.22. The molecular formula is C17H22N2O2S. The second-order valence-electron chi connectivity index (χ2n) is 6.37. The van der Waals surface area contributed by atoms with Crippen LogP contribution in [0.4, 0.5) is 5.69 Å². The molecule has 0 aliphatic carbocycles. The fraction of sp³-hybridized carbons (Fsp3) is 0.294. The Morgan fingerprint density at radius 1 is 0.955 bits per heavy atom. The lowest BCUT2D eigenvalue weighted by Crippen LogP contribution is -2.12. The summed E-state index contributed by atoms with van der Waals surface area (Å²) in [5, 5.41) is 8.34. The summed E-state index contributed by atoms with van der Waals surface area (Å²) in [7, 11) is -3.63. The van der Waals surface area contributed by atoms with E-state index in [1.54, 1.807) is 12.1 Å². The molecule has 0 amide bonds. The average Bonchev–Trinajstić information content (AvgIpc) is 2.44. The van der Waals surface area contributed by atoms with Crippen molar-refractivity contribution in [3.63, 3.8) is 0 Å². The van der Waals surface area contributed by atoms with Crippen molar-refractivity contribution >= 4 is 15.7 Å². The minimum atomic E-state index is -3.63. The standard InChI is InChI=1S/C17H22N2O2S/c1-17(2,3)14-6-4-13(5-7-14)12-19-15-8-10-16(11-9-15)22(18,20)21/h4-11,19H,12H2,1-3H3,(H2,18,20,21). The van der Waals surface area contributed by atoms with Crippen LogP contribution in [0.15, 0.2) is 53.4 Å². The zero-order valence-electron chi connectivity index (χ0n) is 13.1. The first-order valence-electron chi connectivity index (χ1n) is 7.12. The Bertz CT molecular complexity index is 728. The van der Waals surface area contributed by atoms with Crippen LogP contribution in [0, 0.1) is 0 Å². The van der Waals surface area contributed by atoms with Crippen LogP contribution >= 0.6 is 0 Å². The fourth-order valence-electron chi connectivity index (χ4n) is 2.09. The van der Waals surface area contributed by atoms with Gasteiger partial charge >= 0.3 is 0 Å². The van der Waals surface area contributed by atoms with E-state index in [2.05, 4.69) is 50.4 Å². The molecule has 3 N–H and O–H groups in total. The van der Waals surface area contributed by atoms with E-state index in [0.29, 0.717) is 6.54 Å². The number of primary sulfonamides is 1. The SMILES string of the molecule is CC(C)(C)c1ccc(CNc2ccc(S(N)(=O)=O)cc2)cc1. The topological polar surface area (TPSA) is 72.2 Å². The summed E-state index contributed by atoms with van der Waals surface area (Å²) in [6.07, 6.45) is 0. The smallest absolute Gasteiger partial charge is 0.238 e. The van der Waals surface area contributed by atoms with E-state index >= 15 is 0 Å². The van der Waals surface area contributed by atoms with Crippen molar-refractivity contribution in [3.05, 3.63) is 59.7 Å². The molecule has 0 saturated heterocycles. The van der Waals surface area contributed by atoms with Crippen LogP contribution in [0.2, 0.25) is 0 Å². The molecule has 2 rings (SSSR count). The Morgan fingerprint density at radius 2 is 1.50 bits per heavy atom. The maximum Gasteiger partial charge on any atom is 0.238 e. The van der Waals surface area contributed by atoms with Crippen LogP contribution in [-0.2, 0) is 22.0 Å². The summed E-state index contributed by atoms with van der Waals surface area (Å²) >= 11 is 0. The van der Waals surface area contributed by atoms with Gasteiger partial charge in [-0.2, -0.15) is 0 Å². The zero-order valence-corrected chi connectivity index (χ0v) is 13.9. The number of rotatable bonds is 4. The van der Waals surface area contributed by atoms with Gasteiger partial charge in [-0.1, -0.05) is 45.0 Å². The normalized spacial score (nSPS) is 12.2. The lowest BCUT2D eigenvalue weighted by molar-refractivity contribution is 0.590. The van der Waals surface area contributed by atoms with E-state index in [0.717, 1.165) is 5.69 Å². The van der Waals surface area contributed by atoms with Crippen molar-refractivity contribution in [3.8, 4) is 0 Å². The van der Waals surface area contributed by atoms with Crippen LogP contribution in [-0.4, -0.2) is 8.42 Å². The van der Waals surface area contributed by atoms with Crippen LogP contribution in [0.1, 0.15) is 31.9 Å². The molecule has 0 bridgehead atoms. The van der Waals surface area contributed by atoms with Gasteiger partial charge < -0.3 is 5.32 Å². The largest absolute Gasteiger partial charge is 0.381 e. The first kappa shape index (κ1) is 16.5. The van der Waals surface area contributed by atoms with Gasteiger partial charge in [-0.05, 0) is 40.8 Å². The third kappa shape index (κ3) is 4.32. The molecule has 118 valence electrons. The Morgan fingerprint density at radius 3 is 1.95 bits per heavy atom. The van der Waals surface area contributed by atoms with Gasteiger partial charge in [-0.25, -0.2) is 13.6 Å². The molecule has 22 heavy (non-hydrogen) atoms. The molecule has 0 aliphatic heterocycles. The van der Waals surface area contributed by atoms with E-state index in [9.17, 15) is 8.42 Å². The highest BCUT2D eigenvalue weighted by atomic mass is 32.2. The summed E-state index contributed by atoms with van der Waals surface area (Å²) in [5.41, 5.74) is 3.47. The summed E-state index contributed by atoms with van der Waals surface area (Å²) in [4.78, 5) is 0.118. The van der Waals surface area contributed by atoms with E-state index in [4.69, 9.17) is 5.14 Å². The minimum absolute atomic E-state index is 0.118. The van der Waals surface area contributed by atoms with Gasteiger partial charge in [0.15, 0.2) is 0 Å². The Labute approximate surface area is 132 Å². The molecule has 0 radical (unpaired) electrons. The molecule has 0 spiro atoms. The van der Waals surface area contributed by atoms with Gasteiger partial charge in [0.2, 0.25) is 10.0 Å². The Balaban J connectivity index is 2.01. The van der Waals surface area contributed by atoms with Gasteiger partial charge in [0, 0.05) is 12.2 Å². The summed E-state index contributed by atoms with van der Waals surface area (Å²) < 4.78 is 22.4. The Kier molecular flexibility index (Phi) is 4.58. The van der Waals surface area contributed by atoms with Crippen LogP contribution in [0.25, 0.3) is 0 Å². The number of hydrogen-bond donors (Lipinski definition) is 2. The van der Waals surface area contributed by atoms with Crippen molar-refractivity contribution < 1.29 is 8.42 Å². The third-order valence-electron chi connectivity index (χ3n) is 3.50. The molecular weight excluding hydrogens is 296 g/mol. The van der Waals surface area contributed by atoms with Gasteiger partial charge in [0.05, 0.1) is 4.90 Å². The third-order valence-corrected chi connectivity index (χ3v) is 4.43. The van der Waals surface area contributed by atoms with E-state index in [1.807, 2.05) is 0 Å². The van der Waals surface area contributed by atoms with Crippen molar-refractivity contribution in [1.82, 2.24) is 0 Å². The molecule has 0 aliphatic rings. The molecule has 2 aromatic carbocycles. The van der Waals surface area contributed by atoms with Crippen molar-refractivity contribution in [2.75, 3.05) is 5.32 Å². The molecule has 0 unspecified atom stereocenters. The van der Waals surface area contributed by atoms with Crippen molar-refractivity contribution in [2.45, 2.75) is 37.6 Å². The molecule has 0 atom stereocenters. The number of hydrogen-bond acceptors (Lipinski definition) is 3. The fourth-order valence-corrected chi connectivity index (χ4v) is 2.60. The summed E-state index contributed by atoms with van der Waals surface area (Å²) in [5.74, 6) is 0. The molecule has 0 fully saturated rings. The number of sulfonamides is 1. The highest BCUT2D eigenvalue weighted by molar-refractivity contribution is 7.89. The molecule has 0 saturated carbocycles. The van der Waals surface area contributed by atoms with E-state index in [-0.39, 0.29) is 10.3 Å². The minimum Gasteiger partial charge on any atom is -0.381 e. The zero-order chi connectivity index (χ0) is 16.4. The average molecular weight is 318 g/mol. The van der Waals surface area contributed by atoms with Gasteiger partial charge in [0.25, 0.3) is 0 Å². The van der Waals surface area contributed by atoms with Crippen molar-refractivity contribution in [1.29, 1.82) is 0 Å². The highest BCUT2D eigenvalue weighted by Gasteiger charge is 2.12. The maximum atomic E-state index is 11.2. The molecule has 0 aromatic heterocycles. The van der Waals surface area contributed by atoms with Crippen LogP contribution < -0.4 is 10.5 Å². The number of nitrogens with one attached hydrogen (secondary N) is 1. The van der Waals surface area contributed by atoms with Crippen molar-refractivity contribution in [2.24, 2.45) is 5.14 Å². The second-order valence-corrected chi connectivity index (χ2v) is 7.93. The number of benzene rings is 2. The predicted molar refractivity (Wildman–Crippen MR) is 90.3 cm³/mol. The first-order valence-corrected chi connectivity index (χ1v) is 8.67.